The SMILES string of the molecule is O=C(c1cnc2ccc(-c3cc(F)c(O)c(Cl)c3)cc2c1NC1CCC(N2CC[C@@H](F)C2)CC1)C1CC1. The van der Waals surface area contributed by atoms with Gasteiger partial charge in [-0.3, -0.25) is 14.7 Å². The van der Waals surface area contributed by atoms with Crippen molar-refractivity contribution < 1.29 is 18.7 Å². The number of benzene rings is 2. The third-order valence-corrected chi connectivity index (χ3v) is 8.44. The fourth-order valence-electron chi connectivity index (χ4n) is 5.88. The van der Waals surface area contributed by atoms with Gasteiger partial charge in [0.2, 0.25) is 0 Å². The molecule has 3 fully saturated rings. The van der Waals surface area contributed by atoms with Crippen LogP contribution >= 0.6 is 11.6 Å². The molecule has 0 unspecified atom stereocenters. The Bertz CT molecular complexity index is 1330. The number of carbonyl (C=O) groups excluding carboxylic acids is 1. The van der Waals surface area contributed by atoms with Gasteiger partial charge in [0.15, 0.2) is 17.3 Å². The third kappa shape index (κ3) is 4.91. The second kappa shape index (κ2) is 9.84. The topological polar surface area (TPSA) is 65.5 Å². The normalized spacial score (nSPS) is 24.5. The van der Waals surface area contributed by atoms with Crippen LogP contribution in [0.1, 0.15) is 55.3 Å². The standard InChI is InChI=1S/C29H30ClF2N3O2/c30-24-12-18(13-25(32)29(24)37)17-3-8-26-22(11-17)27(23(14-33-26)28(36)16-1-2-16)34-20-4-6-21(7-5-20)35-10-9-19(31)15-35/h3,8,11-14,16,19-21,37H,1-2,4-7,9-10,15H2,(H,33,34)/t19-,20?,21?/m1/s1. The summed E-state index contributed by atoms with van der Waals surface area (Å²) >= 11 is 6.04. The Balaban J connectivity index is 1.33. The van der Waals surface area contributed by atoms with Gasteiger partial charge in [0.05, 0.1) is 21.8 Å². The molecular formula is C29H30ClF2N3O2. The first-order valence-corrected chi connectivity index (χ1v) is 13.5. The molecule has 5 nitrogen and oxygen atoms in total. The van der Waals surface area contributed by atoms with Gasteiger partial charge >= 0.3 is 0 Å². The average Bonchev–Trinajstić information content (AvgIpc) is 3.67. The molecule has 2 saturated carbocycles. The van der Waals surface area contributed by atoms with E-state index < -0.39 is 17.7 Å². The van der Waals surface area contributed by atoms with Crippen molar-refractivity contribution in [1.82, 2.24) is 9.88 Å². The number of anilines is 1. The molecular weight excluding hydrogens is 496 g/mol. The third-order valence-electron chi connectivity index (χ3n) is 8.16. The van der Waals surface area contributed by atoms with E-state index in [0.717, 1.165) is 61.7 Å². The largest absolute Gasteiger partial charge is 0.504 e. The van der Waals surface area contributed by atoms with Crippen LogP contribution in [0.2, 0.25) is 5.02 Å². The Morgan fingerprint density at radius 3 is 2.51 bits per heavy atom. The molecule has 2 aliphatic carbocycles. The van der Waals surface area contributed by atoms with E-state index in [1.807, 2.05) is 18.2 Å². The molecule has 2 heterocycles. The number of likely N-dealkylation sites (tertiary alicyclic amines) is 1. The van der Waals surface area contributed by atoms with E-state index in [1.165, 1.54) is 12.1 Å². The first kappa shape index (κ1) is 24.6. The number of nitrogens with zero attached hydrogens (tertiary/aromatic N) is 2. The van der Waals surface area contributed by atoms with E-state index in [2.05, 4.69) is 15.2 Å². The van der Waals surface area contributed by atoms with Crippen LogP contribution in [0.25, 0.3) is 22.0 Å². The van der Waals surface area contributed by atoms with Crippen LogP contribution in [0.4, 0.5) is 14.5 Å². The first-order valence-electron chi connectivity index (χ1n) is 13.2. The van der Waals surface area contributed by atoms with E-state index in [9.17, 15) is 18.7 Å². The number of fused-ring (bicyclic) bond motifs is 1. The monoisotopic (exact) mass is 525 g/mol. The number of rotatable bonds is 6. The molecule has 1 saturated heterocycles. The minimum atomic E-state index is -0.787. The van der Waals surface area contributed by atoms with Gasteiger partial charge in [0, 0.05) is 42.7 Å². The van der Waals surface area contributed by atoms with Gasteiger partial charge in [-0.2, -0.15) is 0 Å². The van der Waals surface area contributed by atoms with Gasteiger partial charge in [-0.25, -0.2) is 8.78 Å². The molecule has 1 aliphatic heterocycles. The highest BCUT2D eigenvalue weighted by molar-refractivity contribution is 6.32. The summed E-state index contributed by atoms with van der Waals surface area (Å²) in [6.07, 6.45) is 7.28. The number of alkyl halides is 1. The number of halogens is 3. The second-order valence-electron chi connectivity index (χ2n) is 10.7. The predicted molar refractivity (Wildman–Crippen MR) is 142 cm³/mol. The Hall–Kier alpha value is -2.77. The maximum atomic E-state index is 14.2. The van der Waals surface area contributed by atoms with E-state index in [4.69, 9.17) is 11.6 Å². The number of aromatic hydroxyl groups is 1. The predicted octanol–water partition coefficient (Wildman–Crippen LogP) is 6.76. The van der Waals surface area contributed by atoms with E-state index in [1.54, 1.807) is 6.20 Å². The van der Waals surface area contributed by atoms with Crippen molar-refractivity contribution in [2.24, 2.45) is 5.92 Å². The van der Waals surface area contributed by atoms with E-state index in [-0.39, 0.29) is 22.8 Å². The summed E-state index contributed by atoms with van der Waals surface area (Å²) in [5, 5.41) is 14.2. The Morgan fingerprint density at radius 1 is 1.05 bits per heavy atom. The van der Waals surface area contributed by atoms with Gasteiger partial charge in [0.25, 0.3) is 0 Å². The zero-order valence-corrected chi connectivity index (χ0v) is 21.3. The number of Topliss-reactive ketones (excluding diaryl/α,β-unsaturated/α-hetero) is 1. The zero-order valence-electron chi connectivity index (χ0n) is 20.5. The summed E-state index contributed by atoms with van der Waals surface area (Å²) < 4.78 is 27.9. The molecule has 0 amide bonds. The zero-order chi connectivity index (χ0) is 25.7. The highest BCUT2D eigenvalue weighted by atomic mass is 35.5. The number of hydrogen-bond acceptors (Lipinski definition) is 5. The van der Waals surface area contributed by atoms with E-state index in [0.29, 0.717) is 35.7 Å². The lowest BCUT2D eigenvalue weighted by molar-refractivity contribution is 0.0968. The Kier molecular flexibility index (Phi) is 6.53. The van der Waals surface area contributed by atoms with E-state index >= 15 is 0 Å². The number of phenols is 1. The van der Waals surface area contributed by atoms with Crippen LogP contribution in [0.5, 0.6) is 5.75 Å². The number of pyridine rings is 1. The smallest absolute Gasteiger partial charge is 0.170 e. The molecule has 1 aromatic heterocycles. The van der Waals surface area contributed by atoms with Gasteiger partial charge in [-0.05, 0) is 80.3 Å². The summed E-state index contributed by atoms with van der Waals surface area (Å²) in [6.45, 7) is 1.38. The molecule has 3 aliphatic rings. The van der Waals surface area contributed by atoms with Crippen LogP contribution < -0.4 is 5.32 Å². The lowest BCUT2D eigenvalue weighted by Gasteiger charge is -2.35. The quantitative estimate of drug-likeness (QED) is 0.348. The summed E-state index contributed by atoms with van der Waals surface area (Å²) in [4.78, 5) is 20.1. The van der Waals surface area contributed by atoms with Crippen LogP contribution in [-0.4, -0.2) is 52.1 Å². The molecule has 0 spiro atoms. The van der Waals surface area contributed by atoms with Crippen LogP contribution in [0, 0.1) is 11.7 Å². The molecule has 8 heteroatoms. The van der Waals surface area contributed by atoms with Crippen molar-refractivity contribution in [2.75, 3.05) is 18.4 Å². The molecule has 1 atom stereocenters. The van der Waals surface area contributed by atoms with Crippen molar-refractivity contribution >= 4 is 34.0 Å². The minimum Gasteiger partial charge on any atom is -0.504 e. The second-order valence-corrected chi connectivity index (χ2v) is 11.1. The maximum Gasteiger partial charge on any atom is 0.170 e. The number of carbonyl (C=O) groups is 1. The summed E-state index contributed by atoms with van der Waals surface area (Å²) in [5.74, 6) is -1.20. The van der Waals surface area contributed by atoms with Crippen molar-refractivity contribution in [2.45, 2.75) is 63.2 Å². The molecule has 0 radical (unpaired) electrons. The fraction of sp³-hybridized carbons (Fsp3) is 0.448. The molecule has 2 aromatic carbocycles. The molecule has 194 valence electrons. The summed E-state index contributed by atoms with van der Waals surface area (Å²) in [7, 11) is 0. The molecule has 6 rings (SSSR count). The molecule has 2 N–H and O–H groups in total. The highest BCUT2D eigenvalue weighted by Crippen LogP contribution is 2.40. The van der Waals surface area contributed by atoms with Crippen LogP contribution in [-0.2, 0) is 0 Å². The highest BCUT2D eigenvalue weighted by Gasteiger charge is 2.34. The van der Waals surface area contributed by atoms with Crippen molar-refractivity contribution in [3.05, 3.63) is 52.9 Å². The Labute approximate surface area is 219 Å². The van der Waals surface area contributed by atoms with Gasteiger partial charge in [-0.1, -0.05) is 17.7 Å². The Morgan fingerprint density at radius 2 is 1.84 bits per heavy atom. The van der Waals surface area contributed by atoms with Crippen LogP contribution in [0.3, 0.4) is 0 Å². The van der Waals surface area contributed by atoms with Gasteiger partial charge < -0.3 is 10.4 Å². The number of ketones is 1. The van der Waals surface area contributed by atoms with Crippen molar-refractivity contribution in [3.8, 4) is 16.9 Å². The van der Waals surface area contributed by atoms with Crippen LogP contribution in [0.15, 0.2) is 36.5 Å². The maximum absolute atomic E-state index is 14.2. The summed E-state index contributed by atoms with van der Waals surface area (Å²) in [6, 6.07) is 9.00. The summed E-state index contributed by atoms with van der Waals surface area (Å²) in [5.41, 5.74) is 3.37. The number of nitrogens with one attached hydrogen (secondary N) is 1. The first-order chi connectivity index (χ1) is 17.9. The molecule has 37 heavy (non-hydrogen) atoms. The average molecular weight is 526 g/mol. The number of aromatic nitrogens is 1. The molecule has 3 aromatic rings. The van der Waals surface area contributed by atoms with Crippen molar-refractivity contribution in [1.29, 1.82) is 0 Å². The fourth-order valence-corrected chi connectivity index (χ4v) is 6.08. The number of phenolic OH excluding ortho intramolecular Hbond substituents is 1. The van der Waals surface area contributed by atoms with Gasteiger partial charge in [0.1, 0.15) is 6.17 Å². The van der Waals surface area contributed by atoms with Crippen molar-refractivity contribution in [3.63, 3.8) is 0 Å². The minimum absolute atomic E-state index is 0.0486. The molecule has 0 bridgehead atoms. The lowest BCUT2D eigenvalue weighted by Crippen LogP contribution is -2.39. The number of hydrogen-bond donors (Lipinski definition) is 2. The van der Waals surface area contributed by atoms with Gasteiger partial charge in [-0.15, -0.1) is 0 Å². The lowest BCUT2D eigenvalue weighted by atomic mass is 9.89.